The van der Waals surface area contributed by atoms with Gasteiger partial charge in [-0.1, -0.05) is 6.92 Å². The molecule has 0 aliphatic carbocycles. The zero-order chi connectivity index (χ0) is 12.3. The lowest BCUT2D eigenvalue weighted by Gasteiger charge is -2.17. The lowest BCUT2D eigenvalue weighted by Crippen LogP contribution is -2.32. The van der Waals surface area contributed by atoms with Crippen molar-refractivity contribution in [1.29, 1.82) is 0 Å². The Hall–Kier alpha value is -1.49. The van der Waals surface area contributed by atoms with Crippen molar-refractivity contribution < 1.29 is 9.00 Å². The van der Waals surface area contributed by atoms with E-state index in [9.17, 15) is 9.00 Å². The van der Waals surface area contributed by atoms with Crippen LogP contribution >= 0.6 is 0 Å². The van der Waals surface area contributed by atoms with Crippen LogP contribution in [0.5, 0.6) is 0 Å². The number of urea groups is 1. The van der Waals surface area contributed by atoms with Crippen molar-refractivity contribution in [3.05, 3.63) is 24.3 Å². The summed E-state index contributed by atoms with van der Waals surface area (Å²) in [6, 6.07) is 7.22. The van der Waals surface area contributed by atoms with Crippen LogP contribution in [-0.4, -0.2) is 30.6 Å². The highest BCUT2D eigenvalue weighted by Crippen LogP contribution is 2.21. The Kier molecular flexibility index (Phi) is 3.68. The van der Waals surface area contributed by atoms with E-state index in [0.717, 1.165) is 31.7 Å². The monoisotopic (exact) mass is 251 g/mol. The molecule has 0 unspecified atom stereocenters. The molecule has 0 aromatic heterocycles. The summed E-state index contributed by atoms with van der Waals surface area (Å²) in [5.41, 5.74) is 0.867. The quantitative estimate of drug-likeness (QED) is 0.769. The van der Waals surface area contributed by atoms with Gasteiger partial charge in [0.2, 0.25) is 0 Å². The maximum absolute atomic E-state index is 12.0. The third kappa shape index (κ3) is 2.44. The predicted octanol–water partition coefficient (Wildman–Crippen LogP) is 2.13. The molecule has 4 nitrogen and oxygen atoms in total. The van der Waals surface area contributed by atoms with Gasteiger partial charge in [0.05, 0.1) is 0 Å². The van der Waals surface area contributed by atoms with Gasteiger partial charge in [0.15, 0.2) is 0 Å². The van der Waals surface area contributed by atoms with Crippen molar-refractivity contribution in [3.63, 3.8) is 0 Å². The second kappa shape index (κ2) is 5.23. The van der Waals surface area contributed by atoms with E-state index in [2.05, 4.69) is 6.92 Å². The van der Waals surface area contributed by atoms with Crippen molar-refractivity contribution in [3.8, 4) is 0 Å². The SMILES string of the molecule is CCCN1CCN(c2ccc([S+]=O)cc2)C1=O. The molecule has 0 spiro atoms. The van der Waals surface area contributed by atoms with Gasteiger partial charge in [-0.05, 0) is 18.6 Å². The van der Waals surface area contributed by atoms with E-state index in [1.165, 1.54) is 0 Å². The molecule has 1 heterocycles. The summed E-state index contributed by atoms with van der Waals surface area (Å²) in [5, 5.41) is 0. The molecule has 1 fully saturated rings. The smallest absolute Gasteiger partial charge is 0.323 e. The minimum Gasteiger partial charge on any atom is -0.323 e. The van der Waals surface area contributed by atoms with Crippen LogP contribution in [-0.2, 0) is 15.9 Å². The van der Waals surface area contributed by atoms with Crippen LogP contribution in [0.25, 0.3) is 0 Å². The van der Waals surface area contributed by atoms with Gasteiger partial charge in [-0.3, -0.25) is 4.90 Å². The Balaban J connectivity index is 2.12. The number of rotatable bonds is 4. The molecule has 1 aromatic rings. The molecule has 0 atom stereocenters. The summed E-state index contributed by atoms with van der Waals surface area (Å²) in [4.78, 5) is 16.3. The summed E-state index contributed by atoms with van der Waals surface area (Å²) in [6.07, 6.45) is 0.978. The number of anilines is 1. The second-order valence-electron chi connectivity index (χ2n) is 4.00. The molecule has 0 bridgehead atoms. The summed E-state index contributed by atoms with van der Waals surface area (Å²) in [5.74, 6) is 0. The minimum absolute atomic E-state index is 0.0642. The molecule has 2 amide bonds. The first-order valence-corrected chi connectivity index (χ1v) is 6.46. The third-order valence-electron chi connectivity index (χ3n) is 2.83. The fourth-order valence-corrected chi connectivity index (χ4v) is 2.23. The van der Waals surface area contributed by atoms with Crippen molar-refractivity contribution in [2.24, 2.45) is 0 Å². The number of hydrogen-bond donors (Lipinski definition) is 0. The molecular weight excluding hydrogens is 236 g/mol. The first-order chi connectivity index (χ1) is 8.26. The molecule has 90 valence electrons. The van der Waals surface area contributed by atoms with Gasteiger partial charge in [-0.2, -0.15) is 0 Å². The van der Waals surface area contributed by atoms with E-state index in [0.29, 0.717) is 16.6 Å². The Morgan fingerprint density at radius 2 is 1.94 bits per heavy atom. The van der Waals surface area contributed by atoms with Gasteiger partial charge in [0, 0.05) is 41.7 Å². The number of amides is 2. The molecule has 5 heteroatoms. The van der Waals surface area contributed by atoms with Gasteiger partial charge in [-0.15, -0.1) is 0 Å². The number of carbonyl (C=O) groups excluding carboxylic acids is 1. The molecule has 1 aliphatic rings. The first-order valence-electron chi connectivity index (χ1n) is 5.72. The fraction of sp³-hybridized carbons (Fsp3) is 0.417. The van der Waals surface area contributed by atoms with Crippen molar-refractivity contribution in [2.75, 3.05) is 24.5 Å². The molecule has 0 radical (unpaired) electrons. The second-order valence-corrected chi connectivity index (χ2v) is 4.64. The maximum Gasteiger partial charge on any atom is 0.505 e. The lowest BCUT2D eigenvalue weighted by atomic mass is 10.3. The zero-order valence-electron chi connectivity index (χ0n) is 9.76. The number of nitrogens with zero attached hydrogens (tertiary/aromatic N) is 2. The van der Waals surface area contributed by atoms with Gasteiger partial charge in [0.25, 0.3) is 4.90 Å². The molecule has 1 aromatic carbocycles. The van der Waals surface area contributed by atoms with Crippen molar-refractivity contribution in [2.45, 2.75) is 18.2 Å². The third-order valence-corrected chi connectivity index (χ3v) is 3.30. The van der Waals surface area contributed by atoms with Crippen LogP contribution in [0.15, 0.2) is 29.2 Å². The van der Waals surface area contributed by atoms with Crippen LogP contribution in [0.4, 0.5) is 10.5 Å². The number of carbonyl (C=O) groups is 1. The molecular formula is C12H15N2O2S+. The van der Waals surface area contributed by atoms with Crippen LogP contribution in [0, 0.1) is 0 Å². The highest BCUT2D eigenvalue weighted by molar-refractivity contribution is 7.65. The fourth-order valence-electron chi connectivity index (χ4n) is 1.98. The van der Waals surface area contributed by atoms with E-state index in [1.807, 2.05) is 17.0 Å². The Morgan fingerprint density at radius 1 is 1.24 bits per heavy atom. The van der Waals surface area contributed by atoms with E-state index < -0.39 is 0 Å². The van der Waals surface area contributed by atoms with E-state index in [4.69, 9.17) is 0 Å². The largest absolute Gasteiger partial charge is 0.505 e. The average molecular weight is 251 g/mol. The molecule has 17 heavy (non-hydrogen) atoms. The zero-order valence-corrected chi connectivity index (χ0v) is 10.6. The van der Waals surface area contributed by atoms with E-state index in [-0.39, 0.29) is 6.03 Å². The summed E-state index contributed by atoms with van der Waals surface area (Å²) in [6.45, 7) is 4.38. The lowest BCUT2D eigenvalue weighted by molar-refractivity contribution is 0.220. The van der Waals surface area contributed by atoms with Crippen LogP contribution in [0.1, 0.15) is 13.3 Å². The molecule has 0 saturated carbocycles. The maximum atomic E-state index is 12.0. The van der Waals surface area contributed by atoms with Crippen LogP contribution < -0.4 is 4.90 Å². The van der Waals surface area contributed by atoms with Gasteiger partial charge in [0.1, 0.15) is 0 Å². The van der Waals surface area contributed by atoms with Crippen molar-refractivity contribution in [1.82, 2.24) is 4.90 Å². The molecule has 1 aliphatic heterocycles. The highest BCUT2D eigenvalue weighted by atomic mass is 32.1. The Bertz CT molecular complexity index is 419. The van der Waals surface area contributed by atoms with Crippen LogP contribution in [0.2, 0.25) is 0 Å². The number of benzene rings is 1. The normalized spacial score (nSPS) is 15.5. The molecule has 0 N–H and O–H groups in total. The topological polar surface area (TPSA) is 40.6 Å². The minimum atomic E-state index is 0.0642. The summed E-state index contributed by atoms with van der Waals surface area (Å²) in [7, 11) is 0. The summed E-state index contributed by atoms with van der Waals surface area (Å²) < 4.78 is 10.6. The molecule has 2 rings (SSSR count). The van der Waals surface area contributed by atoms with E-state index in [1.54, 1.807) is 17.0 Å². The average Bonchev–Trinajstić information content (AvgIpc) is 2.72. The predicted molar refractivity (Wildman–Crippen MR) is 67.4 cm³/mol. The standard InChI is InChI=1S/C12H15N2O2S/c1-2-7-13-8-9-14(12(13)15)10-3-5-11(17-16)6-4-10/h3-6H,2,7-9H2,1H3/q+1. The van der Waals surface area contributed by atoms with Gasteiger partial charge in [-0.25, -0.2) is 4.79 Å². The molecule has 1 saturated heterocycles. The number of hydrogen-bond acceptors (Lipinski definition) is 2. The Morgan fingerprint density at radius 3 is 2.53 bits per heavy atom. The van der Waals surface area contributed by atoms with Gasteiger partial charge >= 0.3 is 17.7 Å². The highest BCUT2D eigenvalue weighted by Gasteiger charge is 2.28. The first kappa shape index (κ1) is 12.0. The van der Waals surface area contributed by atoms with E-state index >= 15 is 0 Å². The summed E-state index contributed by atoms with van der Waals surface area (Å²) >= 11 is 0.466. The van der Waals surface area contributed by atoms with Crippen molar-refractivity contribution >= 4 is 23.4 Å². The van der Waals surface area contributed by atoms with Gasteiger partial charge < -0.3 is 4.90 Å². The van der Waals surface area contributed by atoms with Crippen LogP contribution in [0.3, 0.4) is 0 Å². The Labute approximate surface area is 105 Å².